The van der Waals surface area contributed by atoms with Crippen molar-refractivity contribution < 1.29 is 13.9 Å². The summed E-state index contributed by atoms with van der Waals surface area (Å²) in [6, 6.07) is 6.68. The van der Waals surface area contributed by atoms with Gasteiger partial charge in [0.05, 0.1) is 24.9 Å². The van der Waals surface area contributed by atoms with Crippen LogP contribution in [0, 0.1) is 5.82 Å². The quantitative estimate of drug-likeness (QED) is 0.847. The summed E-state index contributed by atoms with van der Waals surface area (Å²) in [6.07, 6.45) is 4.86. The van der Waals surface area contributed by atoms with E-state index in [9.17, 15) is 9.18 Å². The Balaban J connectivity index is 1.59. The van der Waals surface area contributed by atoms with Gasteiger partial charge in [-0.15, -0.1) is 11.3 Å². The fraction of sp³-hybridized carbons (Fsp3) is 0.412. The molecular formula is C17H17FN2O2S. The van der Waals surface area contributed by atoms with Crippen molar-refractivity contribution >= 4 is 17.2 Å². The number of halogens is 1. The van der Waals surface area contributed by atoms with Gasteiger partial charge < -0.3 is 9.64 Å². The molecule has 1 aliphatic heterocycles. The van der Waals surface area contributed by atoms with Crippen LogP contribution in [-0.2, 0) is 4.74 Å². The monoisotopic (exact) mass is 332 g/mol. The minimum atomic E-state index is -0.317. The third-order valence-electron chi connectivity index (χ3n) is 4.56. The first kappa shape index (κ1) is 14.8. The van der Waals surface area contributed by atoms with Crippen molar-refractivity contribution in [3.8, 4) is 10.6 Å². The molecule has 1 saturated carbocycles. The highest BCUT2D eigenvalue weighted by Crippen LogP contribution is 2.33. The van der Waals surface area contributed by atoms with E-state index in [0.29, 0.717) is 28.6 Å². The molecule has 2 fully saturated rings. The molecule has 6 heteroatoms. The van der Waals surface area contributed by atoms with E-state index in [1.165, 1.54) is 17.4 Å². The first-order valence-electron chi connectivity index (χ1n) is 7.87. The van der Waals surface area contributed by atoms with Crippen LogP contribution in [0.5, 0.6) is 0 Å². The molecule has 120 valence electrons. The number of carbonyl (C=O) groups excluding carboxylic acids is 1. The third kappa shape index (κ3) is 2.66. The number of aromatic nitrogens is 1. The number of nitrogens with zero attached hydrogens (tertiary/aromatic N) is 2. The highest BCUT2D eigenvalue weighted by Gasteiger charge is 2.39. The van der Waals surface area contributed by atoms with Crippen LogP contribution >= 0.6 is 11.3 Å². The Morgan fingerprint density at radius 1 is 1.35 bits per heavy atom. The van der Waals surface area contributed by atoms with Crippen LogP contribution in [0.2, 0.25) is 0 Å². The topological polar surface area (TPSA) is 42.4 Å². The maximum absolute atomic E-state index is 13.9. The van der Waals surface area contributed by atoms with E-state index in [1.54, 1.807) is 24.4 Å². The molecule has 1 aliphatic carbocycles. The molecule has 1 aromatic carbocycles. The second kappa shape index (κ2) is 6.02. The molecule has 2 heterocycles. The SMILES string of the molecule is O=C(c1cnc(-c2ccccc2F)s1)N1CCO[C@H]2CCC[C@H]21. The molecular weight excluding hydrogens is 315 g/mol. The molecule has 0 bridgehead atoms. The molecule has 0 spiro atoms. The van der Waals surface area contributed by atoms with E-state index in [0.717, 1.165) is 19.3 Å². The van der Waals surface area contributed by atoms with E-state index in [2.05, 4.69) is 4.98 Å². The third-order valence-corrected chi connectivity index (χ3v) is 5.58. The lowest BCUT2D eigenvalue weighted by molar-refractivity contribution is -0.0443. The zero-order valence-electron chi connectivity index (χ0n) is 12.6. The van der Waals surface area contributed by atoms with Crippen molar-refractivity contribution in [3.63, 3.8) is 0 Å². The predicted octanol–water partition coefficient (Wildman–Crippen LogP) is 3.34. The lowest BCUT2D eigenvalue weighted by Crippen LogP contribution is -2.51. The summed E-state index contributed by atoms with van der Waals surface area (Å²) in [7, 11) is 0. The zero-order valence-corrected chi connectivity index (χ0v) is 13.4. The summed E-state index contributed by atoms with van der Waals surface area (Å²) >= 11 is 1.25. The maximum atomic E-state index is 13.9. The first-order valence-corrected chi connectivity index (χ1v) is 8.69. The predicted molar refractivity (Wildman–Crippen MR) is 85.9 cm³/mol. The molecule has 2 atom stereocenters. The first-order chi connectivity index (χ1) is 11.2. The number of ether oxygens (including phenoxy) is 1. The van der Waals surface area contributed by atoms with Crippen LogP contribution in [0.4, 0.5) is 4.39 Å². The van der Waals surface area contributed by atoms with Crippen LogP contribution in [0.3, 0.4) is 0 Å². The summed E-state index contributed by atoms with van der Waals surface area (Å²) in [6.45, 7) is 1.21. The average Bonchev–Trinajstić information content (AvgIpc) is 3.23. The van der Waals surface area contributed by atoms with Gasteiger partial charge in [0, 0.05) is 12.1 Å². The van der Waals surface area contributed by atoms with E-state index >= 15 is 0 Å². The van der Waals surface area contributed by atoms with Crippen LogP contribution in [0.25, 0.3) is 10.6 Å². The number of hydrogen-bond donors (Lipinski definition) is 0. The molecule has 23 heavy (non-hydrogen) atoms. The zero-order chi connectivity index (χ0) is 15.8. The Morgan fingerprint density at radius 2 is 2.22 bits per heavy atom. The maximum Gasteiger partial charge on any atom is 0.266 e. The van der Waals surface area contributed by atoms with Crippen LogP contribution in [0.15, 0.2) is 30.5 Å². The van der Waals surface area contributed by atoms with Gasteiger partial charge in [0.25, 0.3) is 5.91 Å². The Bertz CT molecular complexity index is 733. The van der Waals surface area contributed by atoms with Crippen molar-refractivity contribution in [2.75, 3.05) is 13.2 Å². The minimum absolute atomic E-state index is 0.00899. The number of amides is 1. The molecule has 0 N–H and O–H groups in total. The number of rotatable bonds is 2. The Morgan fingerprint density at radius 3 is 3.09 bits per heavy atom. The minimum Gasteiger partial charge on any atom is -0.374 e. The largest absolute Gasteiger partial charge is 0.374 e. The van der Waals surface area contributed by atoms with Gasteiger partial charge in [-0.05, 0) is 31.4 Å². The molecule has 4 nitrogen and oxygen atoms in total. The van der Waals surface area contributed by atoms with E-state index in [4.69, 9.17) is 4.74 Å². The fourth-order valence-electron chi connectivity index (χ4n) is 3.45. The molecule has 1 amide bonds. The summed E-state index contributed by atoms with van der Waals surface area (Å²) in [5.41, 5.74) is 0.442. The normalized spacial score (nSPS) is 23.8. The number of benzene rings is 1. The Labute approximate surface area is 137 Å². The molecule has 0 radical (unpaired) electrons. The molecule has 1 aromatic heterocycles. The van der Waals surface area contributed by atoms with Gasteiger partial charge in [0.1, 0.15) is 15.7 Å². The standard InChI is InChI=1S/C17H17FN2O2S/c18-12-5-2-1-4-11(12)16-19-10-15(23-16)17(21)20-8-9-22-14-7-3-6-13(14)20/h1-2,4-5,10,13-14H,3,6-9H2/t13-,14+/m1/s1. The highest BCUT2D eigenvalue weighted by atomic mass is 32.1. The summed E-state index contributed by atoms with van der Waals surface area (Å²) in [5, 5.41) is 0.544. The van der Waals surface area contributed by atoms with Crippen molar-refractivity contribution in [2.24, 2.45) is 0 Å². The Hall–Kier alpha value is -1.79. The van der Waals surface area contributed by atoms with Gasteiger partial charge >= 0.3 is 0 Å². The average molecular weight is 332 g/mol. The van der Waals surface area contributed by atoms with Gasteiger partial charge in [-0.2, -0.15) is 0 Å². The summed E-state index contributed by atoms with van der Waals surface area (Å²) in [4.78, 5) is 19.5. The van der Waals surface area contributed by atoms with Crippen molar-refractivity contribution in [3.05, 3.63) is 41.2 Å². The van der Waals surface area contributed by atoms with Crippen molar-refractivity contribution in [1.82, 2.24) is 9.88 Å². The lowest BCUT2D eigenvalue weighted by atomic mass is 10.1. The summed E-state index contributed by atoms with van der Waals surface area (Å²) < 4.78 is 19.6. The number of thiazole rings is 1. The van der Waals surface area contributed by atoms with Crippen molar-refractivity contribution in [2.45, 2.75) is 31.4 Å². The second-order valence-electron chi connectivity index (χ2n) is 5.92. The molecule has 1 saturated heterocycles. The van der Waals surface area contributed by atoms with Crippen LogP contribution < -0.4 is 0 Å². The molecule has 4 rings (SSSR count). The second-order valence-corrected chi connectivity index (χ2v) is 6.95. The van der Waals surface area contributed by atoms with Gasteiger partial charge in [0.2, 0.25) is 0 Å². The fourth-order valence-corrected chi connectivity index (χ4v) is 4.35. The Kier molecular flexibility index (Phi) is 3.87. The van der Waals surface area contributed by atoms with Gasteiger partial charge in [-0.1, -0.05) is 12.1 Å². The highest BCUT2D eigenvalue weighted by molar-refractivity contribution is 7.16. The summed E-state index contributed by atoms with van der Waals surface area (Å²) in [5.74, 6) is -0.326. The lowest BCUT2D eigenvalue weighted by Gasteiger charge is -2.37. The van der Waals surface area contributed by atoms with E-state index in [1.807, 2.05) is 4.90 Å². The molecule has 2 aliphatic rings. The van der Waals surface area contributed by atoms with E-state index < -0.39 is 0 Å². The number of fused-ring (bicyclic) bond motifs is 1. The van der Waals surface area contributed by atoms with Crippen LogP contribution in [-0.4, -0.2) is 41.1 Å². The number of morpholine rings is 1. The van der Waals surface area contributed by atoms with Gasteiger partial charge in [-0.3, -0.25) is 4.79 Å². The van der Waals surface area contributed by atoms with Gasteiger partial charge in [0.15, 0.2) is 0 Å². The smallest absolute Gasteiger partial charge is 0.266 e. The van der Waals surface area contributed by atoms with Crippen molar-refractivity contribution in [1.29, 1.82) is 0 Å². The van der Waals surface area contributed by atoms with Gasteiger partial charge in [-0.25, -0.2) is 9.37 Å². The molecule has 0 unspecified atom stereocenters. The molecule has 2 aromatic rings. The number of hydrogen-bond acceptors (Lipinski definition) is 4. The number of carbonyl (C=O) groups is 1. The van der Waals surface area contributed by atoms with E-state index in [-0.39, 0.29) is 23.9 Å². The van der Waals surface area contributed by atoms with Crippen LogP contribution in [0.1, 0.15) is 28.9 Å².